The highest BCUT2D eigenvalue weighted by molar-refractivity contribution is 5.95. The lowest BCUT2D eigenvalue weighted by molar-refractivity contribution is -0.132. The molecule has 7 nitrogen and oxygen atoms in total. The van der Waals surface area contributed by atoms with Gasteiger partial charge in [0.15, 0.2) is 0 Å². The normalized spacial score (nSPS) is 10.5. The fraction of sp³-hybridized carbons (Fsp3) is 0.308. The summed E-state index contributed by atoms with van der Waals surface area (Å²) in [5.74, 6) is -0.273. The van der Waals surface area contributed by atoms with Crippen LogP contribution in [0.3, 0.4) is 0 Å². The molecule has 0 aliphatic heterocycles. The van der Waals surface area contributed by atoms with E-state index in [1.807, 2.05) is 79.2 Å². The predicted molar refractivity (Wildman–Crippen MR) is 128 cm³/mol. The number of hydrogen-bond donors (Lipinski definition) is 0. The number of anilines is 1. The van der Waals surface area contributed by atoms with Crippen LogP contribution in [-0.2, 0) is 16.1 Å². The van der Waals surface area contributed by atoms with Gasteiger partial charge in [0.1, 0.15) is 0 Å². The van der Waals surface area contributed by atoms with E-state index in [1.54, 1.807) is 16.8 Å². The van der Waals surface area contributed by atoms with Gasteiger partial charge in [-0.05, 0) is 38.1 Å². The van der Waals surface area contributed by atoms with Crippen LogP contribution in [0.15, 0.2) is 60.7 Å². The molecule has 7 heteroatoms. The minimum Gasteiger partial charge on any atom is -0.341 e. The molecule has 33 heavy (non-hydrogen) atoms. The first-order valence-corrected chi connectivity index (χ1v) is 11.0. The van der Waals surface area contributed by atoms with Crippen molar-refractivity contribution in [3.05, 3.63) is 77.6 Å². The molecule has 0 radical (unpaired) electrons. The third kappa shape index (κ3) is 5.86. The zero-order valence-corrected chi connectivity index (χ0v) is 19.4. The predicted octanol–water partition coefficient (Wildman–Crippen LogP) is 4.17. The second-order valence-corrected chi connectivity index (χ2v) is 7.94. The van der Waals surface area contributed by atoms with Crippen LogP contribution in [0.1, 0.15) is 36.2 Å². The van der Waals surface area contributed by atoms with Gasteiger partial charge in [-0.2, -0.15) is 10.4 Å². The van der Waals surface area contributed by atoms with Crippen molar-refractivity contribution >= 4 is 17.5 Å². The number of hydrogen-bond acceptors (Lipinski definition) is 4. The van der Waals surface area contributed by atoms with Gasteiger partial charge in [-0.25, -0.2) is 4.68 Å². The molecule has 0 saturated carbocycles. The Kier molecular flexibility index (Phi) is 7.98. The lowest BCUT2D eigenvalue weighted by atomic mass is 10.1. The van der Waals surface area contributed by atoms with Gasteiger partial charge in [0.2, 0.25) is 11.8 Å². The van der Waals surface area contributed by atoms with Crippen molar-refractivity contribution in [2.75, 3.05) is 18.5 Å². The highest BCUT2D eigenvalue weighted by atomic mass is 16.2. The molecule has 2 aromatic carbocycles. The highest BCUT2D eigenvalue weighted by Crippen LogP contribution is 2.20. The van der Waals surface area contributed by atoms with Crippen LogP contribution in [0.4, 0.5) is 5.69 Å². The molecule has 0 saturated heterocycles. The van der Waals surface area contributed by atoms with Gasteiger partial charge >= 0.3 is 0 Å². The Hall–Kier alpha value is -3.92. The van der Waals surface area contributed by atoms with Crippen LogP contribution < -0.4 is 4.90 Å². The summed E-state index contributed by atoms with van der Waals surface area (Å²) >= 11 is 0. The fourth-order valence-corrected chi connectivity index (χ4v) is 3.76. The lowest BCUT2D eigenvalue weighted by Gasteiger charge is -2.23. The van der Waals surface area contributed by atoms with E-state index >= 15 is 0 Å². The molecule has 0 bridgehead atoms. The van der Waals surface area contributed by atoms with Gasteiger partial charge < -0.3 is 9.80 Å². The summed E-state index contributed by atoms with van der Waals surface area (Å²) in [7, 11) is 1.75. The molecule has 1 aromatic heterocycles. The third-order valence-corrected chi connectivity index (χ3v) is 5.63. The van der Waals surface area contributed by atoms with Crippen molar-refractivity contribution in [2.24, 2.45) is 0 Å². The first kappa shape index (κ1) is 23.7. The molecule has 2 amide bonds. The van der Waals surface area contributed by atoms with Gasteiger partial charge in [-0.1, -0.05) is 36.4 Å². The number of carbonyl (C=O) groups is 2. The van der Waals surface area contributed by atoms with Crippen LogP contribution >= 0.6 is 0 Å². The molecule has 3 aromatic rings. The largest absolute Gasteiger partial charge is 0.341 e. The maximum Gasteiger partial charge on any atom is 0.227 e. The fourth-order valence-electron chi connectivity index (χ4n) is 3.76. The van der Waals surface area contributed by atoms with Gasteiger partial charge in [0.05, 0.1) is 23.9 Å². The lowest BCUT2D eigenvalue weighted by Crippen LogP contribution is -2.33. The number of benzene rings is 2. The van der Waals surface area contributed by atoms with Gasteiger partial charge in [0.25, 0.3) is 0 Å². The van der Waals surface area contributed by atoms with Gasteiger partial charge in [-0.15, -0.1) is 0 Å². The second-order valence-electron chi connectivity index (χ2n) is 7.94. The third-order valence-electron chi connectivity index (χ3n) is 5.63. The maximum absolute atomic E-state index is 12.8. The SMILES string of the molecule is Cc1nn(-c2ccccc2)c(C)c1CN(C)C(=O)CCC(=O)N(CCC#N)c1ccccc1. The first-order valence-electron chi connectivity index (χ1n) is 11.0. The van der Waals surface area contributed by atoms with Crippen LogP contribution in [-0.4, -0.2) is 40.1 Å². The summed E-state index contributed by atoms with van der Waals surface area (Å²) < 4.78 is 1.89. The summed E-state index contributed by atoms with van der Waals surface area (Å²) in [4.78, 5) is 28.9. The number of nitriles is 1. The molecule has 170 valence electrons. The number of aromatic nitrogens is 2. The zero-order chi connectivity index (χ0) is 23.8. The van der Waals surface area contributed by atoms with Crippen molar-refractivity contribution in [3.8, 4) is 11.8 Å². The molecule has 3 rings (SSSR count). The van der Waals surface area contributed by atoms with Crippen molar-refractivity contribution in [2.45, 2.75) is 39.7 Å². The van der Waals surface area contributed by atoms with E-state index in [0.717, 1.165) is 28.3 Å². The van der Waals surface area contributed by atoms with E-state index in [0.29, 0.717) is 13.1 Å². The monoisotopic (exact) mass is 443 g/mol. The van der Waals surface area contributed by atoms with Crippen molar-refractivity contribution in [1.29, 1.82) is 5.26 Å². The summed E-state index contributed by atoms with van der Waals surface area (Å²) in [6, 6.07) is 21.2. The molecule has 0 aliphatic rings. The molecular weight excluding hydrogens is 414 g/mol. The van der Waals surface area contributed by atoms with E-state index in [4.69, 9.17) is 5.26 Å². The summed E-state index contributed by atoms with van der Waals surface area (Å²) in [6.07, 6.45) is 0.430. The summed E-state index contributed by atoms with van der Waals surface area (Å²) in [5.41, 5.74) is 4.57. The van der Waals surface area contributed by atoms with Crippen LogP contribution in [0, 0.1) is 25.2 Å². The number of carbonyl (C=O) groups excluding carboxylic acids is 2. The average molecular weight is 444 g/mol. The summed E-state index contributed by atoms with van der Waals surface area (Å²) in [5, 5.41) is 13.6. The molecule has 0 atom stereocenters. The maximum atomic E-state index is 12.8. The van der Waals surface area contributed by atoms with E-state index < -0.39 is 0 Å². The number of nitrogens with zero attached hydrogens (tertiary/aromatic N) is 5. The topological polar surface area (TPSA) is 82.2 Å². The standard InChI is InChI=1S/C26H29N5O2/c1-20-24(21(2)31(28-20)23-13-8-5-9-14-23)19-29(3)25(32)15-16-26(33)30(18-10-17-27)22-11-6-4-7-12-22/h4-9,11-14H,10,15-16,18-19H2,1-3H3. The Balaban J connectivity index is 1.63. The quantitative estimate of drug-likeness (QED) is 0.497. The number of amides is 2. The van der Waals surface area contributed by atoms with E-state index in [1.165, 1.54) is 0 Å². The first-order chi connectivity index (χ1) is 15.9. The van der Waals surface area contributed by atoms with Crippen LogP contribution in [0.2, 0.25) is 0 Å². The van der Waals surface area contributed by atoms with Crippen LogP contribution in [0.25, 0.3) is 5.69 Å². The number of para-hydroxylation sites is 2. The Bertz CT molecular complexity index is 1130. The Morgan fingerprint density at radius 3 is 2.21 bits per heavy atom. The summed E-state index contributed by atoms with van der Waals surface area (Å²) in [6.45, 7) is 4.67. The Morgan fingerprint density at radius 2 is 1.58 bits per heavy atom. The highest BCUT2D eigenvalue weighted by Gasteiger charge is 2.20. The Morgan fingerprint density at radius 1 is 0.970 bits per heavy atom. The zero-order valence-electron chi connectivity index (χ0n) is 19.4. The molecule has 1 heterocycles. The second kappa shape index (κ2) is 11.1. The minimum absolute atomic E-state index is 0.0880. The molecule has 0 N–H and O–H groups in total. The van der Waals surface area contributed by atoms with Crippen molar-refractivity contribution < 1.29 is 9.59 Å². The molecule has 0 spiro atoms. The number of rotatable bonds is 9. The van der Waals surface area contributed by atoms with E-state index in [9.17, 15) is 9.59 Å². The molecular formula is C26H29N5O2. The molecule has 0 fully saturated rings. The smallest absolute Gasteiger partial charge is 0.227 e. The van der Waals surface area contributed by atoms with Gasteiger partial charge in [0, 0.05) is 49.9 Å². The number of aryl methyl sites for hydroxylation is 1. The Labute approximate surface area is 194 Å². The molecule has 0 unspecified atom stereocenters. The average Bonchev–Trinajstić information content (AvgIpc) is 3.12. The van der Waals surface area contributed by atoms with Crippen LogP contribution in [0.5, 0.6) is 0 Å². The minimum atomic E-state index is -0.164. The molecule has 0 aliphatic carbocycles. The van der Waals surface area contributed by atoms with E-state index in [2.05, 4.69) is 11.2 Å². The van der Waals surface area contributed by atoms with Crippen molar-refractivity contribution in [1.82, 2.24) is 14.7 Å². The van der Waals surface area contributed by atoms with Gasteiger partial charge in [-0.3, -0.25) is 9.59 Å². The van der Waals surface area contributed by atoms with E-state index in [-0.39, 0.29) is 31.1 Å². The van der Waals surface area contributed by atoms with Crippen molar-refractivity contribution in [3.63, 3.8) is 0 Å².